The maximum Gasteiger partial charge on any atom is 0.184 e. The van der Waals surface area contributed by atoms with Crippen LogP contribution in [0.25, 0.3) is 11.0 Å². The van der Waals surface area contributed by atoms with E-state index < -0.39 is 8.24 Å². The van der Waals surface area contributed by atoms with Gasteiger partial charge in [-0.1, -0.05) is 31.2 Å². The molecular weight excluding hydrogens is 202 g/mol. The van der Waals surface area contributed by atoms with Crippen molar-refractivity contribution >= 4 is 19.3 Å². The number of nitrogens with zero attached hydrogens (tertiary/aromatic N) is 3. The van der Waals surface area contributed by atoms with Crippen LogP contribution in [-0.4, -0.2) is 22.9 Å². The van der Waals surface area contributed by atoms with Crippen LogP contribution < -0.4 is 0 Å². The van der Waals surface area contributed by atoms with Crippen molar-refractivity contribution in [2.45, 2.75) is 32.5 Å². The number of benzene rings is 1. The van der Waals surface area contributed by atoms with Crippen LogP contribution in [-0.2, 0) is 0 Å². The fraction of sp³-hybridized carbons (Fsp3) is 0.455. The van der Waals surface area contributed by atoms with Crippen molar-refractivity contribution in [2.75, 3.05) is 0 Å². The summed E-state index contributed by atoms with van der Waals surface area (Å²) < 4.78 is 2.20. The van der Waals surface area contributed by atoms with E-state index in [-0.39, 0.29) is 0 Å². The topological polar surface area (TPSA) is 30.7 Å². The number of para-hydroxylation sites is 1. The fourth-order valence-corrected chi connectivity index (χ4v) is 3.95. The minimum absolute atomic E-state index is 1.01. The summed E-state index contributed by atoms with van der Waals surface area (Å²) in [5.41, 5.74) is 2.20. The fourth-order valence-electron chi connectivity index (χ4n) is 1.82. The molecule has 0 fully saturated rings. The van der Waals surface area contributed by atoms with Gasteiger partial charge in [0.25, 0.3) is 0 Å². The van der Waals surface area contributed by atoms with Gasteiger partial charge in [0, 0.05) is 0 Å². The molecule has 0 saturated carbocycles. The van der Waals surface area contributed by atoms with E-state index in [1.807, 2.05) is 12.1 Å². The predicted octanol–water partition coefficient (Wildman–Crippen LogP) is 2.89. The second-order valence-corrected chi connectivity index (χ2v) is 9.03. The minimum Gasteiger partial charge on any atom is -0.274 e. The highest BCUT2D eigenvalue weighted by Crippen LogP contribution is 2.21. The van der Waals surface area contributed by atoms with Gasteiger partial charge < -0.3 is 0 Å². The first-order valence-corrected chi connectivity index (χ1v) is 8.38. The zero-order valence-corrected chi connectivity index (χ0v) is 10.6. The van der Waals surface area contributed by atoms with Gasteiger partial charge in [0.05, 0.1) is 5.52 Å². The van der Waals surface area contributed by atoms with Crippen molar-refractivity contribution in [3.63, 3.8) is 0 Å². The third-order valence-electron chi connectivity index (χ3n) is 3.39. The van der Waals surface area contributed by atoms with E-state index in [1.54, 1.807) is 0 Å². The molecule has 0 unspecified atom stereocenters. The van der Waals surface area contributed by atoms with Crippen molar-refractivity contribution in [2.24, 2.45) is 0 Å². The smallest absolute Gasteiger partial charge is 0.184 e. The Kier molecular flexibility index (Phi) is 2.60. The van der Waals surface area contributed by atoms with Crippen LogP contribution in [0.1, 0.15) is 13.8 Å². The molecule has 0 N–H and O–H groups in total. The Balaban J connectivity index is 2.61. The van der Waals surface area contributed by atoms with Gasteiger partial charge in [-0.15, -0.1) is 5.10 Å². The van der Waals surface area contributed by atoms with E-state index in [4.69, 9.17) is 0 Å². The van der Waals surface area contributed by atoms with Crippen LogP contribution in [0.3, 0.4) is 0 Å². The average molecular weight is 219 g/mol. The van der Waals surface area contributed by atoms with Gasteiger partial charge in [-0.25, -0.2) is 0 Å². The lowest BCUT2D eigenvalue weighted by Gasteiger charge is -2.24. The number of rotatable bonds is 3. The monoisotopic (exact) mass is 219 g/mol. The molecule has 0 aliphatic carbocycles. The highest BCUT2D eigenvalue weighted by Gasteiger charge is 2.28. The molecule has 0 amide bonds. The minimum atomic E-state index is -1.44. The summed E-state index contributed by atoms with van der Waals surface area (Å²) >= 11 is 0. The standard InChI is InChI=1S/C11H17N3Si/c1-4-15(3,5-2)14-11-9-7-6-8-10(11)12-13-14/h6-9H,4-5H2,1-3H3. The Morgan fingerprint density at radius 2 is 1.87 bits per heavy atom. The second-order valence-electron chi connectivity index (χ2n) is 4.19. The van der Waals surface area contributed by atoms with Gasteiger partial charge in [0.2, 0.25) is 0 Å². The summed E-state index contributed by atoms with van der Waals surface area (Å²) in [7, 11) is -1.44. The van der Waals surface area contributed by atoms with Crippen molar-refractivity contribution in [1.82, 2.24) is 14.7 Å². The Morgan fingerprint density at radius 1 is 1.20 bits per heavy atom. The summed E-state index contributed by atoms with van der Waals surface area (Å²) in [5, 5.41) is 8.57. The number of hydrogen-bond donors (Lipinski definition) is 0. The van der Waals surface area contributed by atoms with Gasteiger partial charge in [-0.05, 0) is 30.8 Å². The molecule has 2 rings (SSSR count). The molecule has 0 radical (unpaired) electrons. The molecule has 0 atom stereocenters. The van der Waals surface area contributed by atoms with Gasteiger partial charge in [-0.2, -0.15) is 0 Å². The molecule has 0 aliphatic heterocycles. The van der Waals surface area contributed by atoms with Crippen molar-refractivity contribution in [1.29, 1.82) is 0 Å². The molecule has 15 heavy (non-hydrogen) atoms. The zero-order valence-electron chi connectivity index (χ0n) is 9.57. The highest BCUT2D eigenvalue weighted by molar-refractivity contribution is 6.77. The molecule has 1 heterocycles. The maximum atomic E-state index is 4.34. The van der Waals surface area contributed by atoms with Crippen LogP contribution in [0.2, 0.25) is 18.6 Å². The molecule has 1 aromatic carbocycles. The maximum absolute atomic E-state index is 4.34. The molecule has 1 aromatic heterocycles. The summed E-state index contributed by atoms with van der Waals surface area (Å²) in [6.45, 7) is 6.88. The second kappa shape index (κ2) is 3.77. The third kappa shape index (κ3) is 1.59. The lowest BCUT2D eigenvalue weighted by Crippen LogP contribution is -2.39. The molecule has 0 bridgehead atoms. The third-order valence-corrected chi connectivity index (χ3v) is 7.79. The quantitative estimate of drug-likeness (QED) is 0.743. The van der Waals surface area contributed by atoms with Crippen LogP contribution >= 0.6 is 0 Å². The summed E-state index contributed by atoms with van der Waals surface area (Å²) in [6.07, 6.45) is 0. The molecule has 0 spiro atoms. The molecular formula is C11H17N3Si. The molecule has 80 valence electrons. The van der Waals surface area contributed by atoms with E-state index >= 15 is 0 Å². The average Bonchev–Trinajstić information content (AvgIpc) is 2.72. The first-order valence-electron chi connectivity index (χ1n) is 5.52. The van der Waals surface area contributed by atoms with Gasteiger partial charge in [-0.3, -0.25) is 4.35 Å². The SMILES string of the molecule is CC[Si](C)(CC)n1nnc2ccccc21. The van der Waals surface area contributed by atoms with Gasteiger partial charge in [0.1, 0.15) is 5.52 Å². The first-order chi connectivity index (χ1) is 7.21. The predicted molar refractivity (Wildman–Crippen MR) is 65.5 cm³/mol. The van der Waals surface area contributed by atoms with E-state index in [9.17, 15) is 0 Å². The van der Waals surface area contributed by atoms with E-state index in [1.165, 1.54) is 17.6 Å². The Bertz CT molecular complexity index is 460. The normalized spacial score (nSPS) is 12.2. The largest absolute Gasteiger partial charge is 0.274 e. The first kappa shape index (κ1) is 10.4. The number of aromatic nitrogens is 3. The molecule has 2 aromatic rings. The Labute approximate surface area is 91.2 Å². The summed E-state index contributed by atoms with van der Waals surface area (Å²) in [5.74, 6) is 0. The van der Waals surface area contributed by atoms with Crippen LogP contribution in [0.5, 0.6) is 0 Å². The lowest BCUT2D eigenvalue weighted by atomic mass is 10.3. The number of fused-ring (bicyclic) bond motifs is 1. The molecule has 0 saturated heterocycles. The van der Waals surface area contributed by atoms with Crippen molar-refractivity contribution in [3.05, 3.63) is 24.3 Å². The molecule has 0 aliphatic rings. The Morgan fingerprint density at radius 3 is 2.53 bits per heavy atom. The van der Waals surface area contributed by atoms with Gasteiger partial charge in [0.15, 0.2) is 8.24 Å². The lowest BCUT2D eigenvalue weighted by molar-refractivity contribution is 0.842. The highest BCUT2D eigenvalue weighted by atomic mass is 28.3. The van der Waals surface area contributed by atoms with E-state index in [2.05, 4.69) is 47.2 Å². The molecule has 3 nitrogen and oxygen atoms in total. The van der Waals surface area contributed by atoms with Crippen molar-refractivity contribution < 1.29 is 0 Å². The molecule has 4 heteroatoms. The van der Waals surface area contributed by atoms with Crippen LogP contribution in [0.15, 0.2) is 24.3 Å². The zero-order chi connectivity index (χ0) is 10.9. The van der Waals surface area contributed by atoms with Crippen molar-refractivity contribution in [3.8, 4) is 0 Å². The Hall–Kier alpha value is -1.16. The van der Waals surface area contributed by atoms with E-state index in [0.717, 1.165) is 5.52 Å². The van der Waals surface area contributed by atoms with Crippen LogP contribution in [0.4, 0.5) is 0 Å². The summed E-state index contributed by atoms with van der Waals surface area (Å²) in [6, 6.07) is 10.6. The summed E-state index contributed by atoms with van der Waals surface area (Å²) in [4.78, 5) is 0. The van der Waals surface area contributed by atoms with Gasteiger partial charge >= 0.3 is 0 Å². The number of hydrogen-bond acceptors (Lipinski definition) is 2. The van der Waals surface area contributed by atoms with Crippen LogP contribution in [0, 0.1) is 0 Å². The van der Waals surface area contributed by atoms with E-state index in [0.29, 0.717) is 0 Å².